The van der Waals surface area contributed by atoms with E-state index in [9.17, 15) is 4.79 Å². The Morgan fingerprint density at radius 3 is 2.54 bits per heavy atom. The second-order valence-corrected chi connectivity index (χ2v) is 7.27. The van der Waals surface area contributed by atoms with Gasteiger partial charge in [-0.1, -0.05) is 50.2 Å². The molecule has 3 aromatic rings. The molecule has 1 N–H and O–H groups in total. The Hall–Kier alpha value is -3.08. The summed E-state index contributed by atoms with van der Waals surface area (Å²) >= 11 is 0. The lowest BCUT2D eigenvalue weighted by molar-refractivity contribution is -0.123. The summed E-state index contributed by atoms with van der Waals surface area (Å²) in [4.78, 5) is 17.0. The van der Waals surface area contributed by atoms with E-state index in [0.29, 0.717) is 11.7 Å². The number of hydrogen-bond donors (Lipinski definition) is 1. The third kappa shape index (κ3) is 4.60. The van der Waals surface area contributed by atoms with Gasteiger partial charge in [0.15, 0.2) is 6.61 Å². The van der Waals surface area contributed by atoms with Crippen LogP contribution in [-0.2, 0) is 11.8 Å². The van der Waals surface area contributed by atoms with Gasteiger partial charge in [0.2, 0.25) is 0 Å². The molecule has 5 heteroatoms. The smallest absolute Gasteiger partial charge is 0.258 e. The van der Waals surface area contributed by atoms with Crippen molar-refractivity contribution in [2.75, 3.05) is 6.61 Å². The van der Waals surface area contributed by atoms with Crippen LogP contribution < -0.4 is 10.1 Å². The zero-order valence-electron chi connectivity index (χ0n) is 16.8. The normalized spacial score (nSPS) is 12.0. The molecule has 0 bridgehead atoms. The van der Waals surface area contributed by atoms with Crippen LogP contribution >= 0.6 is 0 Å². The van der Waals surface area contributed by atoms with Crippen molar-refractivity contribution in [3.05, 3.63) is 83.4 Å². The van der Waals surface area contributed by atoms with Crippen molar-refractivity contribution >= 4 is 5.91 Å². The van der Waals surface area contributed by atoms with Crippen molar-refractivity contribution in [1.82, 2.24) is 14.9 Å². The van der Waals surface area contributed by atoms with E-state index in [2.05, 4.69) is 37.1 Å². The first-order valence-corrected chi connectivity index (χ1v) is 9.50. The van der Waals surface area contributed by atoms with Crippen molar-refractivity contribution in [2.24, 2.45) is 7.05 Å². The Balaban J connectivity index is 1.69. The molecular weight excluding hydrogens is 350 g/mol. The first-order valence-electron chi connectivity index (χ1n) is 9.50. The second kappa shape index (κ2) is 8.74. The minimum Gasteiger partial charge on any atom is -0.484 e. The van der Waals surface area contributed by atoms with E-state index >= 15 is 0 Å². The van der Waals surface area contributed by atoms with Crippen LogP contribution in [0.2, 0.25) is 0 Å². The molecule has 0 saturated carbocycles. The van der Waals surface area contributed by atoms with Crippen LogP contribution in [0.15, 0.2) is 60.9 Å². The summed E-state index contributed by atoms with van der Waals surface area (Å²) in [5.41, 5.74) is 3.43. The number of carbonyl (C=O) groups is 1. The molecule has 0 spiro atoms. The largest absolute Gasteiger partial charge is 0.484 e. The molecule has 2 aromatic carbocycles. The lowest BCUT2D eigenvalue weighted by atomic mass is 9.98. The van der Waals surface area contributed by atoms with Gasteiger partial charge in [-0.3, -0.25) is 4.79 Å². The standard InChI is InChI=1S/C23H27N3O2/c1-16(2)20-11-10-19(14-17(20)3)28-15-21(27)25-22(18-8-6-5-7-9-18)23-24-12-13-26(23)4/h5-14,16,22H,15H2,1-4H3,(H,25,27). The van der Waals surface area contributed by atoms with Gasteiger partial charge in [0, 0.05) is 19.4 Å². The van der Waals surface area contributed by atoms with Crippen molar-refractivity contribution in [3.63, 3.8) is 0 Å². The minimum atomic E-state index is -0.331. The summed E-state index contributed by atoms with van der Waals surface area (Å²) in [6.45, 7) is 6.35. The Morgan fingerprint density at radius 1 is 1.18 bits per heavy atom. The van der Waals surface area contributed by atoms with Crippen LogP contribution in [0.1, 0.15) is 48.3 Å². The predicted molar refractivity (Wildman–Crippen MR) is 110 cm³/mol. The molecule has 0 aliphatic rings. The third-order valence-electron chi connectivity index (χ3n) is 4.79. The Labute approximate surface area is 166 Å². The SMILES string of the molecule is Cc1cc(OCC(=O)NC(c2ccccc2)c2nccn2C)ccc1C(C)C. The Morgan fingerprint density at radius 2 is 1.93 bits per heavy atom. The van der Waals surface area contributed by atoms with Crippen molar-refractivity contribution < 1.29 is 9.53 Å². The van der Waals surface area contributed by atoms with Crippen LogP contribution in [0.4, 0.5) is 0 Å². The maximum atomic E-state index is 12.6. The fourth-order valence-electron chi connectivity index (χ4n) is 3.34. The average Bonchev–Trinajstić information content (AvgIpc) is 3.10. The van der Waals surface area contributed by atoms with Crippen LogP contribution in [0.3, 0.4) is 0 Å². The van der Waals surface area contributed by atoms with Crippen LogP contribution in [-0.4, -0.2) is 22.1 Å². The number of carbonyl (C=O) groups excluding carboxylic acids is 1. The molecule has 0 radical (unpaired) electrons. The van der Waals surface area contributed by atoms with Crippen LogP contribution in [0.5, 0.6) is 5.75 Å². The molecule has 1 unspecified atom stereocenters. The van der Waals surface area contributed by atoms with Gasteiger partial charge in [0.1, 0.15) is 17.6 Å². The van der Waals surface area contributed by atoms with Gasteiger partial charge in [0.05, 0.1) is 0 Å². The molecule has 1 atom stereocenters. The van der Waals surface area contributed by atoms with Gasteiger partial charge >= 0.3 is 0 Å². The molecule has 1 aromatic heterocycles. The molecule has 0 aliphatic heterocycles. The summed E-state index contributed by atoms with van der Waals surface area (Å²) in [7, 11) is 1.92. The zero-order valence-corrected chi connectivity index (χ0v) is 16.8. The number of nitrogens with one attached hydrogen (secondary N) is 1. The van der Waals surface area contributed by atoms with Gasteiger partial charge in [-0.2, -0.15) is 0 Å². The third-order valence-corrected chi connectivity index (χ3v) is 4.79. The predicted octanol–water partition coefficient (Wildman–Crippen LogP) is 4.14. The number of ether oxygens (including phenoxy) is 1. The van der Waals surface area contributed by atoms with Crippen molar-refractivity contribution in [2.45, 2.75) is 32.7 Å². The van der Waals surface area contributed by atoms with E-state index in [4.69, 9.17) is 4.74 Å². The highest BCUT2D eigenvalue weighted by atomic mass is 16.5. The monoisotopic (exact) mass is 377 g/mol. The fourth-order valence-corrected chi connectivity index (χ4v) is 3.34. The zero-order chi connectivity index (χ0) is 20.1. The van der Waals surface area contributed by atoms with Gasteiger partial charge in [-0.15, -0.1) is 0 Å². The number of rotatable bonds is 7. The molecular formula is C23H27N3O2. The number of imidazole rings is 1. The highest BCUT2D eigenvalue weighted by molar-refractivity contribution is 5.78. The molecule has 0 aliphatic carbocycles. The first-order chi connectivity index (χ1) is 13.5. The average molecular weight is 377 g/mol. The van der Waals surface area contributed by atoms with Crippen LogP contribution in [0, 0.1) is 6.92 Å². The van der Waals surface area contributed by atoms with Gasteiger partial charge in [0.25, 0.3) is 5.91 Å². The lowest BCUT2D eigenvalue weighted by Crippen LogP contribution is -2.34. The maximum Gasteiger partial charge on any atom is 0.258 e. The van der Waals surface area contributed by atoms with E-state index in [1.807, 2.05) is 60.3 Å². The number of amides is 1. The highest BCUT2D eigenvalue weighted by Gasteiger charge is 2.20. The molecule has 0 saturated heterocycles. The van der Waals surface area contributed by atoms with E-state index in [1.165, 1.54) is 11.1 Å². The number of aryl methyl sites for hydroxylation is 2. The molecule has 1 amide bonds. The van der Waals surface area contributed by atoms with Gasteiger partial charge in [-0.25, -0.2) is 4.98 Å². The maximum absolute atomic E-state index is 12.6. The number of nitrogens with zero attached hydrogens (tertiary/aromatic N) is 2. The summed E-state index contributed by atoms with van der Waals surface area (Å²) in [5.74, 6) is 1.74. The quantitative estimate of drug-likeness (QED) is 0.673. The summed E-state index contributed by atoms with van der Waals surface area (Å²) in [6.07, 6.45) is 3.60. The Bertz CT molecular complexity index is 932. The molecule has 146 valence electrons. The van der Waals surface area contributed by atoms with Gasteiger partial charge < -0.3 is 14.6 Å². The number of aromatic nitrogens is 2. The lowest BCUT2D eigenvalue weighted by Gasteiger charge is -2.19. The molecule has 5 nitrogen and oxygen atoms in total. The molecule has 3 rings (SSSR count). The van der Waals surface area contributed by atoms with Gasteiger partial charge in [-0.05, 0) is 41.7 Å². The van der Waals surface area contributed by atoms with E-state index in [1.54, 1.807) is 6.20 Å². The minimum absolute atomic E-state index is 0.0474. The van der Waals surface area contributed by atoms with Crippen molar-refractivity contribution in [1.29, 1.82) is 0 Å². The van der Waals surface area contributed by atoms with Crippen molar-refractivity contribution in [3.8, 4) is 5.75 Å². The Kier molecular flexibility index (Phi) is 6.14. The second-order valence-electron chi connectivity index (χ2n) is 7.27. The summed E-state index contributed by atoms with van der Waals surface area (Å²) in [6, 6.07) is 15.4. The van der Waals surface area contributed by atoms with E-state index < -0.39 is 0 Å². The molecule has 0 fully saturated rings. The molecule has 1 heterocycles. The molecule has 28 heavy (non-hydrogen) atoms. The summed E-state index contributed by atoms with van der Waals surface area (Å²) < 4.78 is 7.64. The van der Waals surface area contributed by atoms with E-state index in [-0.39, 0.29) is 18.6 Å². The topological polar surface area (TPSA) is 56.1 Å². The number of benzene rings is 2. The fraction of sp³-hybridized carbons (Fsp3) is 0.304. The van der Waals surface area contributed by atoms with Crippen LogP contribution in [0.25, 0.3) is 0 Å². The van der Waals surface area contributed by atoms with E-state index in [0.717, 1.165) is 11.4 Å². The summed E-state index contributed by atoms with van der Waals surface area (Å²) in [5, 5.41) is 3.04. The highest BCUT2D eigenvalue weighted by Crippen LogP contribution is 2.24. The number of hydrogen-bond acceptors (Lipinski definition) is 3. The first kappa shape index (κ1) is 19.7.